The SMILES string of the molecule is COCC1(CNC(=O)C(C)c2ccc3cc(OC)ccc3c2)CCNCC1. The molecule has 0 saturated carbocycles. The average molecular weight is 370 g/mol. The summed E-state index contributed by atoms with van der Waals surface area (Å²) in [6, 6.07) is 12.2. The van der Waals surface area contributed by atoms with Gasteiger partial charge in [0.25, 0.3) is 0 Å². The summed E-state index contributed by atoms with van der Waals surface area (Å²) in [6.07, 6.45) is 2.04. The molecular weight excluding hydrogens is 340 g/mol. The van der Waals surface area contributed by atoms with Crippen LogP contribution in [0.2, 0.25) is 0 Å². The van der Waals surface area contributed by atoms with Gasteiger partial charge in [-0.15, -0.1) is 0 Å². The molecule has 27 heavy (non-hydrogen) atoms. The molecule has 2 aromatic carbocycles. The molecule has 1 amide bonds. The maximum absolute atomic E-state index is 12.8. The number of hydrogen-bond acceptors (Lipinski definition) is 4. The molecule has 1 unspecified atom stereocenters. The van der Waals surface area contributed by atoms with Gasteiger partial charge in [0.15, 0.2) is 0 Å². The van der Waals surface area contributed by atoms with Crippen molar-refractivity contribution in [3.05, 3.63) is 42.0 Å². The second-order valence-electron chi connectivity index (χ2n) is 7.60. The molecule has 2 N–H and O–H groups in total. The van der Waals surface area contributed by atoms with Gasteiger partial charge in [0.05, 0.1) is 19.6 Å². The van der Waals surface area contributed by atoms with Crippen LogP contribution in [0.5, 0.6) is 5.75 Å². The molecule has 1 saturated heterocycles. The zero-order valence-electron chi connectivity index (χ0n) is 16.5. The molecular formula is C22H30N2O3. The Kier molecular flexibility index (Phi) is 6.34. The van der Waals surface area contributed by atoms with E-state index in [0.717, 1.165) is 48.0 Å². The number of hydrogen-bond donors (Lipinski definition) is 2. The molecule has 0 spiro atoms. The monoisotopic (exact) mass is 370 g/mol. The van der Waals surface area contributed by atoms with E-state index in [4.69, 9.17) is 9.47 Å². The zero-order chi connectivity index (χ0) is 19.3. The number of amides is 1. The van der Waals surface area contributed by atoms with Crippen molar-refractivity contribution < 1.29 is 14.3 Å². The number of benzene rings is 2. The summed E-state index contributed by atoms with van der Waals surface area (Å²) in [5.74, 6) is 0.709. The minimum absolute atomic E-state index is 0.0370. The lowest BCUT2D eigenvalue weighted by Gasteiger charge is -2.37. The van der Waals surface area contributed by atoms with Gasteiger partial charge in [-0.3, -0.25) is 4.79 Å². The lowest BCUT2D eigenvalue weighted by atomic mass is 9.79. The summed E-state index contributed by atoms with van der Waals surface area (Å²) >= 11 is 0. The Bertz CT molecular complexity index is 779. The van der Waals surface area contributed by atoms with Crippen molar-refractivity contribution in [3.8, 4) is 5.75 Å². The normalized spacial score (nSPS) is 17.4. The molecule has 2 aromatic rings. The van der Waals surface area contributed by atoms with Crippen molar-refractivity contribution in [1.82, 2.24) is 10.6 Å². The van der Waals surface area contributed by atoms with Crippen molar-refractivity contribution >= 4 is 16.7 Å². The van der Waals surface area contributed by atoms with E-state index in [1.165, 1.54) is 0 Å². The Morgan fingerprint density at radius 2 is 1.85 bits per heavy atom. The fourth-order valence-corrected chi connectivity index (χ4v) is 3.85. The standard InChI is InChI=1S/C22H30N2O3/c1-16(17-4-5-19-13-20(27-3)7-6-18(19)12-17)21(25)24-14-22(15-26-2)8-10-23-11-9-22/h4-7,12-13,16,23H,8-11,14-15H2,1-3H3,(H,24,25). The number of ether oxygens (including phenoxy) is 2. The molecule has 0 bridgehead atoms. The van der Waals surface area contributed by atoms with Gasteiger partial charge in [-0.25, -0.2) is 0 Å². The number of rotatable bonds is 7. The molecule has 5 heteroatoms. The highest BCUT2D eigenvalue weighted by Gasteiger charge is 2.33. The molecule has 1 aliphatic rings. The van der Waals surface area contributed by atoms with Gasteiger partial charge in [-0.2, -0.15) is 0 Å². The van der Waals surface area contributed by atoms with Gasteiger partial charge in [0.1, 0.15) is 5.75 Å². The van der Waals surface area contributed by atoms with E-state index in [1.54, 1.807) is 14.2 Å². The molecule has 0 radical (unpaired) electrons. The van der Waals surface area contributed by atoms with Gasteiger partial charge in [-0.05, 0) is 61.3 Å². The minimum Gasteiger partial charge on any atom is -0.497 e. The van der Waals surface area contributed by atoms with Crippen LogP contribution < -0.4 is 15.4 Å². The highest BCUT2D eigenvalue weighted by atomic mass is 16.5. The van der Waals surface area contributed by atoms with Crippen molar-refractivity contribution in [2.75, 3.05) is 40.5 Å². The first kappa shape index (κ1) is 19.6. The third kappa shape index (κ3) is 4.60. The van der Waals surface area contributed by atoms with Gasteiger partial charge >= 0.3 is 0 Å². The summed E-state index contributed by atoms with van der Waals surface area (Å²) in [5.41, 5.74) is 1.06. The van der Waals surface area contributed by atoms with Crippen LogP contribution in [0.3, 0.4) is 0 Å². The molecule has 1 atom stereocenters. The van der Waals surface area contributed by atoms with Crippen LogP contribution >= 0.6 is 0 Å². The van der Waals surface area contributed by atoms with Gasteiger partial charge in [0, 0.05) is 19.1 Å². The Balaban J connectivity index is 1.68. The third-order valence-electron chi connectivity index (χ3n) is 5.72. The van der Waals surface area contributed by atoms with E-state index in [1.807, 2.05) is 31.2 Å². The smallest absolute Gasteiger partial charge is 0.227 e. The molecule has 5 nitrogen and oxygen atoms in total. The van der Waals surface area contributed by atoms with Gasteiger partial charge < -0.3 is 20.1 Å². The van der Waals surface area contributed by atoms with Crippen LogP contribution in [0, 0.1) is 5.41 Å². The zero-order valence-corrected chi connectivity index (χ0v) is 16.5. The first-order chi connectivity index (χ1) is 13.1. The molecule has 1 heterocycles. The largest absolute Gasteiger partial charge is 0.497 e. The summed E-state index contributed by atoms with van der Waals surface area (Å²) < 4.78 is 10.7. The number of carbonyl (C=O) groups excluding carboxylic acids is 1. The van der Waals surface area contributed by atoms with E-state index in [2.05, 4.69) is 22.8 Å². The number of methoxy groups -OCH3 is 2. The van der Waals surface area contributed by atoms with E-state index >= 15 is 0 Å². The Morgan fingerprint density at radius 1 is 1.15 bits per heavy atom. The quantitative estimate of drug-likeness (QED) is 0.786. The maximum Gasteiger partial charge on any atom is 0.227 e. The molecule has 1 fully saturated rings. The van der Waals surface area contributed by atoms with Crippen LogP contribution in [-0.4, -0.2) is 46.4 Å². The van der Waals surface area contributed by atoms with Crippen molar-refractivity contribution in [2.45, 2.75) is 25.7 Å². The molecule has 0 aliphatic carbocycles. The molecule has 146 valence electrons. The fourth-order valence-electron chi connectivity index (χ4n) is 3.85. The number of nitrogens with one attached hydrogen (secondary N) is 2. The number of carbonyl (C=O) groups is 1. The Labute approximate surface area is 161 Å². The molecule has 3 rings (SSSR count). The highest BCUT2D eigenvalue weighted by Crippen LogP contribution is 2.29. The molecule has 0 aromatic heterocycles. The van der Waals surface area contributed by atoms with E-state index < -0.39 is 0 Å². The summed E-state index contributed by atoms with van der Waals surface area (Å²) in [5, 5.41) is 8.78. The topological polar surface area (TPSA) is 59.6 Å². The fraction of sp³-hybridized carbons (Fsp3) is 0.500. The molecule has 1 aliphatic heterocycles. The van der Waals surface area contributed by atoms with Crippen molar-refractivity contribution in [1.29, 1.82) is 0 Å². The van der Waals surface area contributed by atoms with Crippen LogP contribution in [0.25, 0.3) is 10.8 Å². The summed E-state index contributed by atoms with van der Waals surface area (Å²) in [7, 11) is 3.40. The van der Waals surface area contributed by atoms with E-state index in [0.29, 0.717) is 13.2 Å². The lowest BCUT2D eigenvalue weighted by molar-refractivity contribution is -0.123. The Hall–Kier alpha value is -2.11. The predicted octanol–water partition coefficient (Wildman–Crippen LogP) is 3.08. The lowest BCUT2D eigenvalue weighted by Crippen LogP contribution is -2.47. The minimum atomic E-state index is -0.196. The number of piperidine rings is 1. The van der Waals surface area contributed by atoms with Crippen molar-refractivity contribution in [2.24, 2.45) is 5.41 Å². The summed E-state index contributed by atoms with van der Waals surface area (Å²) in [4.78, 5) is 12.8. The third-order valence-corrected chi connectivity index (χ3v) is 5.72. The van der Waals surface area contributed by atoms with Crippen molar-refractivity contribution in [3.63, 3.8) is 0 Å². The van der Waals surface area contributed by atoms with Crippen LogP contribution in [0.15, 0.2) is 36.4 Å². The second kappa shape index (κ2) is 8.72. The van der Waals surface area contributed by atoms with Crippen LogP contribution in [0.1, 0.15) is 31.2 Å². The van der Waals surface area contributed by atoms with Gasteiger partial charge in [-0.1, -0.05) is 24.3 Å². The maximum atomic E-state index is 12.8. The van der Waals surface area contributed by atoms with E-state index in [-0.39, 0.29) is 17.2 Å². The summed E-state index contributed by atoms with van der Waals surface area (Å²) in [6.45, 7) is 5.26. The average Bonchev–Trinajstić information content (AvgIpc) is 2.71. The predicted molar refractivity (Wildman–Crippen MR) is 108 cm³/mol. The number of fused-ring (bicyclic) bond motifs is 1. The van der Waals surface area contributed by atoms with Crippen LogP contribution in [0.4, 0.5) is 0 Å². The van der Waals surface area contributed by atoms with Crippen LogP contribution in [-0.2, 0) is 9.53 Å². The highest BCUT2D eigenvalue weighted by molar-refractivity contribution is 5.88. The van der Waals surface area contributed by atoms with Gasteiger partial charge in [0.2, 0.25) is 5.91 Å². The second-order valence-corrected chi connectivity index (χ2v) is 7.60. The van der Waals surface area contributed by atoms with E-state index in [9.17, 15) is 4.79 Å². The first-order valence-electron chi connectivity index (χ1n) is 9.62. The Morgan fingerprint density at radius 3 is 2.56 bits per heavy atom. The first-order valence-corrected chi connectivity index (χ1v) is 9.62.